The molecule has 0 heterocycles. The van der Waals surface area contributed by atoms with Crippen LogP contribution in [0.1, 0.15) is 32.3 Å². The molecular formula is C16H28IN3. The lowest BCUT2D eigenvalue weighted by molar-refractivity contribution is 0.549. The van der Waals surface area contributed by atoms with Crippen LogP contribution in [0.5, 0.6) is 0 Å². The van der Waals surface area contributed by atoms with Gasteiger partial charge in [-0.15, -0.1) is 24.0 Å². The number of rotatable bonds is 7. The van der Waals surface area contributed by atoms with E-state index in [9.17, 15) is 0 Å². The van der Waals surface area contributed by atoms with E-state index in [2.05, 4.69) is 53.7 Å². The quantitative estimate of drug-likeness (QED) is 0.324. The van der Waals surface area contributed by atoms with Crippen LogP contribution in [0.25, 0.3) is 0 Å². The van der Waals surface area contributed by atoms with E-state index >= 15 is 0 Å². The molecule has 114 valence electrons. The third-order valence-corrected chi connectivity index (χ3v) is 3.02. The Morgan fingerprint density at radius 3 is 2.35 bits per heavy atom. The molecule has 0 saturated carbocycles. The SMILES string of the molecule is CN=C(NCCCC(C)C)NCCc1ccccc1.I. The van der Waals surface area contributed by atoms with Crippen molar-refractivity contribution in [3.8, 4) is 0 Å². The highest BCUT2D eigenvalue weighted by Crippen LogP contribution is 2.01. The average Bonchev–Trinajstić information content (AvgIpc) is 2.42. The number of benzene rings is 1. The van der Waals surface area contributed by atoms with Crippen molar-refractivity contribution in [2.24, 2.45) is 10.9 Å². The van der Waals surface area contributed by atoms with E-state index in [1.807, 2.05) is 13.1 Å². The Morgan fingerprint density at radius 2 is 1.75 bits per heavy atom. The van der Waals surface area contributed by atoms with Gasteiger partial charge in [-0.3, -0.25) is 4.99 Å². The lowest BCUT2D eigenvalue weighted by Crippen LogP contribution is -2.38. The van der Waals surface area contributed by atoms with Gasteiger partial charge in [0.05, 0.1) is 0 Å². The Labute approximate surface area is 140 Å². The summed E-state index contributed by atoms with van der Waals surface area (Å²) in [7, 11) is 1.82. The number of aliphatic imine (C=N–C) groups is 1. The molecule has 1 aromatic carbocycles. The maximum absolute atomic E-state index is 4.23. The highest BCUT2D eigenvalue weighted by Gasteiger charge is 1.98. The van der Waals surface area contributed by atoms with Gasteiger partial charge in [-0.25, -0.2) is 0 Å². The minimum absolute atomic E-state index is 0. The molecule has 0 aliphatic carbocycles. The Hall–Kier alpha value is -0.780. The van der Waals surface area contributed by atoms with Crippen LogP contribution in [-0.2, 0) is 6.42 Å². The molecule has 0 spiro atoms. The van der Waals surface area contributed by atoms with Crippen molar-refractivity contribution in [1.82, 2.24) is 10.6 Å². The molecule has 1 rings (SSSR count). The molecule has 1 aromatic rings. The van der Waals surface area contributed by atoms with E-state index < -0.39 is 0 Å². The van der Waals surface area contributed by atoms with Crippen LogP contribution in [0.2, 0.25) is 0 Å². The molecule has 0 amide bonds. The number of nitrogens with one attached hydrogen (secondary N) is 2. The number of halogens is 1. The molecule has 0 saturated heterocycles. The second kappa shape index (κ2) is 12.0. The first-order chi connectivity index (χ1) is 9.22. The van der Waals surface area contributed by atoms with Crippen LogP contribution in [0.15, 0.2) is 35.3 Å². The second-order valence-electron chi connectivity index (χ2n) is 5.20. The van der Waals surface area contributed by atoms with Crippen LogP contribution < -0.4 is 10.6 Å². The van der Waals surface area contributed by atoms with Gasteiger partial charge in [-0.1, -0.05) is 44.2 Å². The first-order valence-electron chi connectivity index (χ1n) is 7.21. The Bertz CT molecular complexity index is 363. The van der Waals surface area contributed by atoms with E-state index in [-0.39, 0.29) is 24.0 Å². The zero-order chi connectivity index (χ0) is 13.9. The summed E-state index contributed by atoms with van der Waals surface area (Å²) in [6, 6.07) is 10.5. The largest absolute Gasteiger partial charge is 0.356 e. The fourth-order valence-corrected chi connectivity index (χ4v) is 1.91. The maximum atomic E-state index is 4.23. The first-order valence-corrected chi connectivity index (χ1v) is 7.21. The Balaban J connectivity index is 0.00000361. The molecule has 0 radical (unpaired) electrons. The van der Waals surface area contributed by atoms with Gasteiger partial charge in [0.25, 0.3) is 0 Å². The van der Waals surface area contributed by atoms with Gasteiger partial charge in [-0.05, 0) is 30.7 Å². The molecule has 2 N–H and O–H groups in total. The minimum Gasteiger partial charge on any atom is -0.356 e. The molecule has 0 fully saturated rings. The van der Waals surface area contributed by atoms with Crippen molar-refractivity contribution in [3.63, 3.8) is 0 Å². The zero-order valence-corrected chi connectivity index (χ0v) is 15.2. The van der Waals surface area contributed by atoms with Crippen LogP contribution in [0.4, 0.5) is 0 Å². The van der Waals surface area contributed by atoms with Gasteiger partial charge in [0.15, 0.2) is 5.96 Å². The molecule has 3 nitrogen and oxygen atoms in total. The summed E-state index contributed by atoms with van der Waals surface area (Å²) >= 11 is 0. The second-order valence-corrected chi connectivity index (χ2v) is 5.20. The fourth-order valence-electron chi connectivity index (χ4n) is 1.91. The van der Waals surface area contributed by atoms with E-state index in [4.69, 9.17) is 0 Å². The Morgan fingerprint density at radius 1 is 1.10 bits per heavy atom. The van der Waals surface area contributed by atoms with Crippen LogP contribution in [0.3, 0.4) is 0 Å². The minimum atomic E-state index is 0. The van der Waals surface area contributed by atoms with Crippen molar-refractivity contribution in [3.05, 3.63) is 35.9 Å². The van der Waals surface area contributed by atoms with Crippen molar-refractivity contribution >= 4 is 29.9 Å². The van der Waals surface area contributed by atoms with Crippen molar-refractivity contribution < 1.29 is 0 Å². The summed E-state index contributed by atoms with van der Waals surface area (Å²) in [6.07, 6.45) is 3.47. The fraction of sp³-hybridized carbons (Fsp3) is 0.562. The van der Waals surface area contributed by atoms with Crippen molar-refractivity contribution in [2.45, 2.75) is 33.1 Å². The monoisotopic (exact) mass is 389 g/mol. The number of hydrogen-bond acceptors (Lipinski definition) is 1. The smallest absolute Gasteiger partial charge is 0.190 e. The van der Waals surface area contributed by atoms with Gasteiger partial charge in [0.2, 0.25) is 0 Å². The third-order valence-electron chi connectivity index (χ3n) is 3.02. The third kappa shape index (κ3) is 9.18. The molecule has 0 aromatic heterocycles. The van der Waals surface area contributed by atoms with Gasteiger partial charge in [0.1, 0.15) is 0 Å². The molecule has 0 atom stereocenters. The summed E-state index contributed by atoms with van der Waals surface area (Å²) < 4.78 is 0. The number of guanidine groups is 1. The van der Waals surface area contributed by atoms with Crippen LogP contribution in [0, 0.1) is 5.92 Å². The van der Waals surface area contributed by atoms with Gasteiger partial charge in [-0.2, -0.15) is 0 Å². The zero-order valence-electron chi connectivity index (χ0n) is 12.9. The first kappa shape index (κ1) is 19.2. The van der Waals surface area contributed by atoms with Gasteiger partial charge >= 0.3 is 0 Å². The molecule has 0 bridgehead atoms. The standard InChI is InChI=1S/C16H27N3.HI/c1-14(2)8-7-12-18-16(17-3)19-13-11-15-9-5-4-6-10-15;/h4-6,9-10,14H,7-8,11-13H2,1-3H3,(H2,17,18,19);1H. The molecule has 0 aliphatic heterocycles. The predicted octanol–water partition coefficient (Wildman–Crippen LogP) is 3.45. The van der Waals surface area contributed by atoms with Crippen molar-refractivity contribution in [1.29, 1.82) is 0 Å². The van der Waals surface area contributed by atoms with E-state index in [0.29, 0.717) is 0 Å². The van der Waals surface area contributed by atoms with Crippen molar-refractivity contribution in [2.75, 3.05) is 20.1 Å². The summed E-state index contributed by atoms with van der Waals surface area (Å²) in [5, 5.41) is 6.69. The molecule has 4 heteroatoms. The summed E-state index contributed by atoms with van der Waals surface area (Å²) in [5.41, 5.74) is 1.35. The average molecular weight is 389 g/mol. The maximum Gasteiger partial charge on any atom is 0.190 e. The molecular weight excluding hydrogens is 361 g/mol. The van der Waals surface area contributed by atoms with Gasteiger partial charge in [0, 0.05) is 20.1 Å². The van der Waals surface area contributed by atoms with E-state index in [0.717, 1.165) is 31.4 Å². The van der Waals surface area contributed by atoms with Crippen LogP contribution >= 0.6 is 24.0 Å². The number of nitrogens with zero attached hydrogens (tertiary/aromatic N) is 1. The topological polar surface area (TPSA) is 36.4 Å². The number of hydrogen-bond donors (Lipinski definition) is 2. The summed E-state index contributed by atoms with van der Waals surface area (Å²) in [5.74, 6) is 1.68. The molecule has 0 aliphatic rings. The normalized spacial score (nSPS) is 11.1. The lowest BCUT2D eigenvalue weighted by Gasteiger charge is -2.12. The van der Waals surface area contributed by atoms with E-state index in [1.165, 1.54) is 18.4 Å². The molecule has 0 unspecified atom stereocenters. The van der Waals surface area contributed by atoms with Crippen LogP contribution in [-0.4, -0.2) is 26.1 Å². The Kier molecular flexibility index (Phi) is 11.5. The highest BCUT2D eigenvalue weighted by atomic mass is 127. The highest BCUT2D eigenvalue weighted by molar-refractivity contribution is 14.0. The molecule has 20 heavy (non-hydrogen) atoms. The van der Waals surface area contributed by atoms with E-state index in [1.54, 1.807) is 0 Å². The lowest BCUT2D eigenvalue weighted by atomic mass is 10.1. The predicted molar refractivity (Wildman–Crippen MR) is 99.0 cm³/mol. The summed E-state index contributed by atoms with van der Waals surface area (Å²) in [4.78, 5) is 4.23. The van der Waals surface area contributed by atoms with Gasteiger partial charge < -0.3 is 10.6 Å². The summed E-state index contributed by atoms with van der Waals surface area (Å²) in [6.45, 7) is 6.41.